The Bertz CT molecular complexity index is 1090. The van der Waals surface area contributed by atoms with E-state index in [-0.39, 0.29) is 10.8 Å². The number of hydrogen-bond acceptors (Lipinski definition) is 4. The average molecular weight is 664 g/mol. The monoisotopic (exact) mass is 666 g/mol. The molecule has 2 heterocycles. The molecule has 0 saturated carbocycles. The van der Waals surface area contributed by atoms with Crippen molar-refractivity contribution in [3.05, 3.63) is 72.8 Å². The van der Waals surface area contributed by atoms with E-state index in [1.165, 1.54) is 34.1 Å². The molecule has 5 rings (SSSR count). The van der Waals surface area contributed by atoms with Crippen molar-refractivity contribution in [1.29, 1.82) is 0 Å². The van der Waals surface area contributed by atoms with Crippen LogP contribution in [0.25, 0.3) is 0 Å². The number of benzene rings is 3. The van der Waals surface area contributed by atoms with Gasteiger partial charge in [0.15, 0.2) is 0 Å². The molecule has 0 N–H and O–H groups in total. The fourth-order valence-corrected chi connectivity index (χ4v) is 13.9. The molecule has 4 radical (unpaired) electrons. The number of hydrogen-bond donors (Lipinski definition) is 0. The quantitative estimate of drug-likeness (QED) is 0.286. The first-order valence-electron chi connectivity index (χ1n) is 12.1. The van der Waals surface area contributed by atoms with E-state index in [2.05, 4.69) is 127 Å². The molecule has 4 nitrogen and oxygen atoms in total. The molecule has 0 aliphatic carbocycles. The SMILES string of the molecule is CC(C)(C)C[N]1[Sn][N](c2cccc([N]3[Sn][N](CC(C)(C)C)c4ccccc43)c2)c2ccccc21. The van der Waals surface area contributed by atoms with Gasteiger partial charge >= 0.3 is 228 Å². The van der Waals surface area contributed by atoms with Crippen LogP contribution in [0.3, 0.4) is 0 Å². The van der Waals surface area contributed by atoms with Crippen LogP contribution in [0, 0.1) is 10.8 Å². The van der Waals surface area contributed by atoms with Gasteiger partial charge in [-0.25, -0.2) is 0 Å². The van der Waals surface area contributed by atoms with Gasteiger partial charge in [-0.2, -0.15) is 0 Å². The van der Waals surface area contributed by atoms with Gasteiger partial charge in [0.1, 0.15) is 0 Å². The summed E-state index contributed by atoms with van der Waals surface area (Å²) in [4.78, 5) is 0. The second-order valence-electron chi connectivity index (χ2n) is 11.7. The summed E-state index contributed by atoms with van der Waals surface area (Å²) in [6.45, 7) is 16.3. The zero-order valence-corrected chi connectivity index (χ0v) is 26.8. The summed E-state index contributed by atoms with van der Waals surface area (Å²) in [7, 11) is 0. The maximum absolute atomic E-state index is 2.69. The second-order valence-corrected chi connectivity index (χ2v) is 18.4. The van der Waals surface area contributed by atoms with E-state index in [0.717, 1.165) is 13.1 Å². The summed E-state index contributed by atoms with van der Waals surface area (Å²) in [6.07, 6.45) is 0. The van der Waals surface area contributed by atoms with Crippen LogP contribution in [0.1, 0.15) is 41.5 Å². The van der Waals surface area contributed by atoms with Crippen LogP contribution in [0.4, 0.5) is 34.1 Å². The maximum atomic E-state index is 2.69. The third kappa shape index (κ3) is 5.03. The minimum absolute atomic E-state index is 0.286. The van der Waals surface area contributed by atoms with Crippen LogP contribution in [-0.4, -0.2) is 56.5 Å². The summed E-state index contributed by atoms with van der Waals surface area (Å²) < 4.78 is 10.7. The van der Waals surface area contributed by atoms with Crippen LogP contribution in [0.15, 0.2) is 72.8 Å². The van der Waals surface area contributed by atoms with Gasteiger partial charge in [-0.05, 0) is 0 Å². The molecule has 0 atom stereocenters. The van der Waals surface area contributed by atoms with E-state index >= 15 is 0 Å². The number of para-hydroxylation sites is 4. The first-order valence-corrected chi connectivity index (χ1v) is 17.2. The average Bonchev–Trinajstić information content (AvgIpc) is 3.31. The van der Waals surface area contributed by atoms with Gasteiger partial charge in [-0.3, -0.25) is 0 Å². The first kappa shape index (κ1) is 24.2. The molecule has 34 heavy (non-hydrogen) atoms. The van der Waals surface area contributed by atoms with Crippen LogP contribution in [-0.2, 0) is 0 Å². The Hall–Kier alpha value is -1.54. The molecule has 174 valence electrons. The zero-order chi connectivity index (χ0) is 24.1. The van der Waals surface area contributed by atoms with E-state index in [1.807, 2.05) is 0 Å². The fourth-order valence-electron chi connectivity index (χ4n) is 4.57. The molecule has 0 spiro atoms. The van der Waals surface area contributed by atoms with Crippen molar-refractivity contribution < 1.29 is 0 Å². The van der Waals surface area contributed by atoms with Gasteiger partial charge in [0.05, 0.1) is 0 Å². The van der Waals surface area contributed by atoms with E-state index in [0.29, 0.717) is 0 Å². The van der Waals surface area contributed by atoms with Crippen LogP contribution in [0.2, 0.25) is 0 Å². The van der Waals surface area contributed by atoms with E-state index < -0.39 is 43.4 Å². The van der Waals surface area contributed by atoms with Crippen molar-refractivity contribution in [3.8, 4) is 0 Å². The molecule has 3 aromatic carbocycles. The molecule has 0 unspecified atom stereocenters. The molecule has 0 saturated heterocycles. The van der Waals surface area contributed by atoms with Crippen molar-refractivity contribution in [2.75, 3.05) is 25.6 Å². The summed E-state index contributed by atoms with van der Waals surface area (Å²) in [6, 6.07) is 27.3. The van der Waals surface area contributed by atoms with Gasteiger partial charge in [0.2, 0.25) is 0 Å². The van der Waals surface area contributed by atoms with Crippen molar-refractivity contribution in [3.63, 3.8) is 0 Å². The van der Waals surface area contributed by atoms with E-state index in [4.69, 9.17) is 0 Å². The van der Waals surface area contributed by atoms with Crippen molar-refractivity contribution in [1.82, 2.24) is 0 Å². The predicted octanol–water partition coefficient (Wildman–Crippen LogP) is 6.76. The summed E-state index contributed by atoms with van der Waals surface area (Å²) >= 11 is -1.97. The van der Waals surface area contributed by atoms with Crippen LogP contribution < -0.4 is 12.5 Å². The number of fused-ring (bicyclic) bond motifs is 2. The molecule has 3 aromatic rings. The number of anilines is 6. The molecule has 0 amide bonds. The Kier molecular flexibility index (Phi) is 6.51. The van der Waals surface area contributed by atoms with Gasteiger partial charge in [0.25, 0.3) is 0 Å². The minimum atomic E-state index is -0.983. The molecule has 2 aliphatic heterocycles. The second kappa shape index (κ2) is 9.16. The van der Waals surface area contributed by atoms with Gasteiger partial charge in [-0.1, -0.05) is 0 Å². The molecule has 0 aromatic heterocycles. The Morgan fingerprint density at radius 1 is 0.529 bits per heavy atom. The summed E-state index contributed by atoms with van der Waals surface area (Å²) in [5.74, 6) is 0. The fraction of sp³-hybridized carbons (Fsp3) is 0.357. The summed E-state index contributed by atoms with van der Waals surface area (Å²) in [5.41, 5.74) is 8.85. The van der Waals surface area contributed by atoms with E-state index in [1.54, 1.807) is 0 Å². The molecular formula is C28H34N4Sn2. The molecule has 2 aliphatic rings. The van der Waals surface area contributed by atoms with Crippen molar-refractivity contribution in [2.24, 2.45) is 10.8 Å². The van der Waals surface area contributed by atoms with Gasteiger partial charge in [-0.15, -0.1) is 0 Å². The molecule has 6 heteroatoms. The molecule has 0 fully saturated rings. The van der Waals surface area contributed by atoms with Gasteiger partial charge < -0.3 is 0 Å². The van der Waals surface area contributed by atoms with Crippen molar-refractivity contribution in [2.45, 2.75) is 41.5 Å². The zero-order valence-electron chi connectivity index (χ0n) is 21.1. The topological polar surface area (TPSA) is 13.0 Å². The van der Waals surface area contributed by atoms with Crippen LogP contribution in [0.5, 0.6) is 0 Å². The normalized spacial score (nSPS) is 15.7. The van der Waals surface area contributed by atoms with Crippen molar-refractivity contribution >= 4 is 77.5 Å². The predicted molar refractivity (Wildman–Crippen MR) is 149 cm³/mol. The van der Waals surface area contributed by atoms with E-state index in [9.17, 15) is 0 Å². The molecule has 0 bridgehead atoms. The first-order chi connectivity index (χ1) is 16.1. The molecular weight excluding hydrogens is 630 g/mol. The third-order valence-corrected chi connectivity index (χ3v) is 13.5. The Balaban J connectivity index is 1.47. The standard InChI is InChI=1S/C28H34N4.2Sn/c1-27(2,3)19-29-23-14-7-9-16-25(23)31-21-12-11-13-22(18-21)32-26-17-10-8-15-24(26)30-20-28(4,5)6;;/h7-18H,19-20H2,1-6H3;;/q-4;2*+2. The number of nitrogens with zero attached hydrogens (tertiary/aromatic N) is 4. The number of rotatable bonds is 4. The Labute approximate surface area is 226 Å². The Morgan fingerprint density at radius 3 is 1.29 bits per heavy atom. The van der Waals surface area contributed by atoms with Gasteiger partial charge in [0, 0.05) is 0 Å². The van der Waals surface area contributed by atoms with Crippen LogP contribution >= 0.6 is 0 Å². The third-order valence-electron chi connectivity index (χ3n) is 5.88. The summed E-state index contributed by atoms with van der Waals surface area (Å²) in [5, 5.41) is 0. The Morgan fingerprint density at radius 2 is 0.912 bits per heavy atom.